The fourth-order valence-electron chi connectivity index (χ4n) is 1.90. The summed E-state index contributed by atoms with van der Waals surface area (Å²) in [5.41, 5.74) is 1.08. The maximum atomic E-state index is 13.5. The van der Waals surface area contributed by atoms with Crippen LogP contribution in [0.3, 0.4) is 0 Å². The first kappa shape index (κ1) is 16.1. The summed E-state index contributed by atoms with van der Waals surface area (Å²) in [6, 6.07) is 7.03. The zero-order valence-electron chi connectivity index (χ0n) is 12.2. The smallest absolute Gasteiger partial charge is 0.171 e. The van der Waals surface area contributed by atoms with Crippen LogP contribution in [-0.4, -0.2) is 24.2 Å². The molecule has 1 aromatic heterocycles. The van der Waals surface area contributed by atoms with Gasteiger partial charge in [-0.05, 0) is 30.4 Å². The highest BCUT2D eigenvalue weighted by Crippen LogP contribution is 2.16. The highest BCUT2D eigenvalue weighted by Gasteiger charge is 2.08. The van der Waals surface area contributed by atoms with Gasteiger partial charge >= 0.3 is 0 Å². The summed E-state index contributed by atoms with van der Waals surface area (Å²) in [6.45, 7) is 0.440. The molecule has 1 heterocycles. The Balaban J connectivity index is 1.99. The van der Waals surface area contributed by atoms with Crippen LogP contribution in [0.4, 0.5) is 20.3 Å². The van der Waals surface area contributed by atoms with Gasteiger partial charge in [0.15, 0.2) is 5.11 Å². The third-order valence-electron chi connectivity index (χ3n) is 2.91. The lowest BCUT2D eigenvalue weighted by Crippen LogP contribution is -2.29. The Morgan fingerprint density at radius 3 is 2.73 bits per heavy atom. The number of thiocarbonyl (C=S) groups is 1. The van der Waals surface area contributed by atoms with Gasteiger partial charge in [0.05, 0.1) is 5.69 Å². The van der Waals surface area contributed by atoms with E-state index in [4.69, 9.17) is 12.2 Å². The molecule has 4 nitrogen and oxygen atoms in total. The number of pyridine rings is 1. The van der Waals surface area contributed by atoms with E-state index in [-0.39, 0.29) is 10.8 Å². The predicted molar refractivity (Wildman–Crippen MR) is 88.0 cm³/mol. The summed E-state index contributed by atoms with van der Waals surface area (Å²) in [4.78, 5) is 6.18. The predicted octanol–water partition coefficient (Wildman–Crippen LogP) is 2.91. The maximum absolute atomic E-state index is 13.5. The molecule has 116 valence electrons. The lowest BCUT2D eigenvalue weighted by atomic mass is 10.2. The van der Waals surface area contributed by atoms with Crippen molar-refractivity contribution < 1.29 is 8.78 Å². The van der Waals surface area contributed by atoms with Crippen LogP contribution in [0.5, 0.6) is 0 Å². The fourth-order valence-corrected chi connectivity index (χ4v) is 2.09. The lowest BCUT2D eigenvalue weighted by Gasteiger charge is -2.17. The van der Waals surface area contributed by atoms with Gasteiger partial charge in [0.1, 0.15) is 17.5 Å². The average molecular weight is 322 g/mol. The summed E-state index contributed by atoms with van der Waals surface area (Å²) in [6.07, 6.45) is 1.71. The molecule has 1 aromatic carbocycles. The fraction of sp³-hybridized carbons (Fsp3) is 0.200. The van der Waals surface area contributed by atoms with E-state index < -0.39 is 11.6 Å². The molecule has 0 fully saturated rings. The number of nitrogens with zero attached hydrogens (tertiary/aromatic N) is 2. The van der Waals surface area contributed by atoms with Crippen LogP contribution in [0.2, 0.25) is 0 Å². The number of hydrogen-bond donors (Lipinski definition) is 2. The lowest BCUT2D eigenvalue weighted by molar-refractivity contribution is 0.586. The molecule has 22 heavy (non-hydrogen) atoms. The number of rotatable bonds is 4. The highest BCUT2D eigenvalue weighted by atomic mass is 32.1. The second-order valence-electron chi connectivity index (χ2n) is 4.81. The summed E-state index contributed by atoms with van der Waals surface area (Å²) < 4.78 is 26.4. The Kier molecular flexibility index (Phi) is 5.21. The molecule has 0 saturated carbocycles. The molecular weight excluding hydrogens is 306 g/mol. The van der Waals surface area contributed by atoms with E-state index in [1.54, 1.807) is 6.20 Å². The quantitative estimate of drug-likeness (QED) is 0.847. The Bertz CT molecular complexity index is 676. The highest BCUT2D eigenvalue weighted by molar-refractivity contribution is 7.80. The van der Waals surface area contributed by atoms with Gasteiger partial charge in [0, 0.05) is 38.5 Å². The van der Waals surface area contributed by atoms with Crippen molar-refractivity contribution in [1.29, 1.82) is 0 Å². The molecule has 0 radical (unpaired) electrons. The molecule has 0 unspecified atom stereocenters. The standard InChI is InChI=1S/C15H16F2N4S/c1-21(2)14-10(4-3-7-18-14)9-19-15(22)20-13-6-5-11(16)8-12(13)17/h3-8H,9H2,1-2H3,(H2,19,20,22). The molecule has 0 bridgehead atoms. The van der Waals surface area contributed by atoms with Crippen molar-refractivity contribution in [3.05, 3.63) is 53.7 Å². The molecule has 0 aliphatic carbocycles. The monoisotopic (exact) mass is 322 g/mol. The van der Waals surface area contributed by atoms with Crippen LogP contribution >= 0.6 is 12.2 Å². The van der Waals surface area contributed by atoms with E-state index in [0.29, 0.717) is 6.54 Å². The minimum absolute atomic E-state index is 0.123. The van der Waals surface area contributed by atoms with Crippen LogP contribution < -0.4 is 15.5 Å². The van der Waals surface area contributed by atoms with E-state index in [1.807, 2.05) is 31.1 Å². The molecule has 2 aromatic rings. The average Bonchev–Trinajstić information content (AvgIpc) is 2.48. The van der Waals surface area contributed by atoms with Crippen molar-refractivity contribution in [2.24, 2.45) is 0 Å². The van der Waals surface area contributed by atoms with Crippen LogP contribution in [0.1, 0.15) is 5.56 Å². The Morgan fingerprint density at radius 1 is 1.27 bits per heavy atom. The van der Waals surface area contributed by atoms with Gasteiger partial charge in [-0.15, -0.1) is 0 Å². The first-order chi connectivity index (χ1) is 10.5. The Morgan fingerprint density at radius 2 is 2.05 bits per heavy atom. The second-order valence-corrected chi connectivity index (χ2v) is 5.22. The second kappa shape index (κ2) is 7.13. The van der Waals surface area contributed by atoms with E-state index in [1.165, 1.54) is 12.1 Å². The van der Waals surface area contributed by atoms with Crippen LogP contribution in [0.15, 0.2) is 36.5 Å². The topological polar surface area (TPSA) is 40.2 Å². The SMILES string of the molecule is CN(C)c1ncccc1CNC(=S)Nc1ccc(F)cc1F. The van der Waals surface area contributed by atoms with Gasteiger partial charge in [-0.1, -0.05) is 6.07 Å². The maximum Gasteiger partial charge on any atom is 0.171 e. The number of benzene rings is 1. The van der Waals surface area contributed by atoms with E-state index >= 15 is 0 Å². The van der Waals surface area contributed by atoms with Gasteiger partial charge < -0.3 is 15.5 Å². The number of anilines is 2. The number of hydrogen-bond acceptors (Lipinski definition) is 3. The summed E-state index contributed by atoms with van der Waals surface area (Å²) in [7, 11) is 3.80. The molecule has 7 heteroatoms. The largest absolute Gasteiger partial charge is 0.362 e. The first-order valence-electron chi connectivity index (χ1n) is 6.58. The van der Waals surface area contributed by atoms with Crippen molar-refractivity contribution in [2.75, 3.05) is 24.3 Å². The first-order valence-corrected chi connectivity index (χ1v) is 6.99. The summed E-state index contributed by atoms with van der Waals surface area (Å²) >= 11 is 5.12. The van der Waals surface area contributed by atoms with Crippen LogP contribution in [0.25, 0.3) is 0 Å². The Labute approximate surface area is 133 Å². The molecule has 0 aliphatic rings. The normalized spacial score (nSPS) is 10.2. The molecule has 0 saturated heterocycles. The molecule has 2 rings (SSSR count). The number of nitrogens with one attached hydrogen (secondary N) is 2. The van der Waals surface area contributed by atoms with E-state index in [2.05, 4.69) is 15.6 Å². The van der Waals surface area contributed by atoms with Gasteiger partial charge in [0.25, 0.3) is 0 Å². The third kappa shape index (κ3) is 4.11. The van der Waals surface area contributed by atoms with Gasteiger partial charge in [0.2, 0.25) is 0 Å². The van der Waals surface area contributed by atoms with Gasteiger partial charge in [-0.25, -0.2) is 13.8 Å². The van der Waals surface area contributed by atoms with Crippen molar-refractivity contribution in [3.8, 4) is 0 Å². The molecule has 0 amide bonds. The van der Waals surface area contributed by atoms with Crippen LogP contribution in [-0.2, 0) is 6.54 Å². The van der Waals surface area contributed by atoms with Crippen molar-refractivity contribution in [3.63, 3.8) is 0 Å². The van der Waals surface area contributed by atoms with E-state index in [9.17, 15) is 8.78 Å². The number of aromatic nitrogens is 1. The zero-order valence-corrected chi connectivity index (χ0v) is 13.0. The molecule has 2 N–H and O–H groups in total. The summed E-state index contributed by atoms with van der Waals surface area (Å²) in [5, 5.41) is 5.93. The van der Waals surface area contributed by atoms with Crippen molar-refractivity contribution in [1.82, 2.24) is 10.3 Å². The molecule has 0 atom stereocenters. The summed E-state index contributed by atoms with van der Waals surface area (Å²) in [5.74, 6) is -0.502. The Hall–Kier alpha value is -2.28. The molecule has 0 spiro atoms. The number of halogens is 2. The third-order valence-corrected chi connectivity index (χ3v) is 3.16. The van der Waals surface area contributed by atoms with Gasteiger partial charge in [-0.2, -0.15) is 0 Å². The van der Waals surface area contributed by atoms with E-state index in [0.717, 1.165) is 17.4 Å². The zero-order chi connectivity index (χ0) is 16.1. The van der Waals surface area contributed by atoms with Crippen molar-refractivity contribution in [2.45, 2.75) is 6.54 Å². The van der Waals surface area contributed by atoms with Crippen molar-refractivity contribution >= 4 is 28.8 Å². The minimum atomic E-state index is -0.695. The molecular formula is C15H16F2N4S. The molecule has 0 aliphatic heterocycles. The van der Waals surface area contributed by atoms with Crippen LogP contribution in [0, 0.1) is 11.6 Å². The van der Waals surface area contributed by atoms with Gasteiger partial charge in [-0.3, -0.25) is 0 Å². The minimum Gasteiger partial charge on any atom is -0.362 e.